The van der Waals surface area contributed by atoms with E-state index < -0.39 is 57.7 Å². The van der Waals surface area contributed by atoms with Crippen LogP contribution in [0.4, 0.5) is 31.5 Å². The van der Waals surface area contributed by atoms with Crippen LogP contribution in [0.2, 0.25) is 0 Å². The summed E-state index contributed by atoms with van der Waals surface area (Å²) in [7, 11) is 0. The van der Waals surface area contributed by atoms with E-state index in [2.05, 4.69) is 10.6 Å². The summed E-state index contributed by atoms with van der Waals surface area (Å²) in [5, 5.41) is 47.0. The second kappa shape index (κ2) is 16.4. The van der Waals surface area contributed by atoms with E-state index >= 15 is 0 Å². The van der Waals surface area contributed by atoms with Crippen molar-refractivity contribution in [2.75, 3.05) is 23.8 Å². The van der Waals surface area contributed by atoms with Crippen molar-refractivity contribution in [1.82, 2.24) is 0 Å². The first kappa shape index (κ1) is 38.4. The lowest BCUT2D eigenvalue weighted by atomic mass is 10.1. The molecule has 0 aromatic heterocycles. The molecule has 0 saturated heterocycles. The molecule has 0 bridgehead atoms. The predicted molar refractivity (Wildman–Crippen MR) is 178 cm³/mol. The summed E-state index contributed by atoms with van der Waals surface area (Å²) in [5.41, 5.74) is -2.70. The van der Waals surface area contributed by atoms with Crippen molar-refractivity contribution in [3.05, 3.63) is 128 Å². The third-order valence-corrected chi connectivity index (χ3v) is 6.97. The fourth-order valence-corrected chi connectivity index (χ4v) is 4.10. The van der Waals surface area contributed by atoms with E-state index in [1.807, 2.05) is 0 Å². The number of carbonyl (C=O) groups is 2. The maximum atomic E-state index is 13.5. The van der Waals surface area contributed by atoms with Crippen LogP contribution in [0.5, 0.6) is 11.5 Å². The Hall–Kier alpha value is -6.00. The first-order valence-electron chi connectivity index (χ1n) is 14.7. The van der Waals surface area contributed by atoms with Gasteiger partial charge in [-0.3, -0.25) is 29.8 Å². The average Bonchev–Trinajstić information content (AvgIpc) is 3.04. The Morgan fingerprint density at radius 2 is 1.02 bits per heavy atom. The topological polar surface area (TPSA) is 203 Å². The number of amides is 2. The zero-order valence-corrected chi connectivity index (χ0v) is 27.3. The van der Waals surface area contributed by atoms with E-state index in [1.165, 1.54) is 100 Å². The third-order valence-electron chi connectivity index (χ3n) is 6.97. The average molecular weight is 697 g/mol. The summed E-state index contributed by atoms with van der Waals surface area (Å²) in [5.74, 6) is -2.94. The Labute approximate surface area is 284 Å². The van der Waals surface area contributed by atoms with E-state index in [0.717, 1.165) is 0 Å². The SMILES string of the molecule is Cc1cc(NC(=O)C(C)(O)COc2ccccc2F)ccc1[N+](=O)[O-].Cc1cc(NC(=O)C(C)(O)COc2ccccc2F)ccc1[N+](=O)[O-]. The molecule has 2 unspecified atom stereocenters. The zero-order valence-electron chi connectivity index (χ0n) is 27.3. The van der Waals surface area contributed by atoms with Gasteiger partial charge in [-0.2, -0.15) is 0 Å². The highest BCUT2D eigenvalue weighted by Crippen LogP contribution is 2.25. The molecule has 2 atom stereocenters. The molecule has 4 aromatic carbocycles. The monoisotopic (exact) mass is 696 g/mol. The van der Waals surface area contributed by atoms with Gasteiger partial charge in [0.05, 0.1) is 9.85 Å². The number of nitro benzene ring substituents is 2. The molecular weight excluding hydrogens is 662 g/mol. The van der Waals surface area contributed by atoms with Crippen LogP contribution in [0.25, 0.3) is 0 Å². The maximum Gasteiger partial charge on any atom is 0.272 e. The number of anilines is 2. The van der Waals surface area contributed by atoms with Crippen LogP contribution in [0.15, 0.2) is 84.9 Å². The van der Waals surface area contributed by atoms with Gasteiger partial charge in [-0.15, -0.1) is 0 Å². The number of hydrogen-bond acceptors (Lipinski definition) is 10. The molecule has 0 fully saturated rings. The van der Waals surface area contributed by atoms with E-state index in [9.17, 15) is 48.8 Å². The predicted octanol–water partition coefficient (Wildman–Crippen LogP) is 5.62. The number of para-hydroxylation sites is 2. The van der Waals surface area contributed by atoms with E-state index in [0.29, 0.717) is 22.5 Å². The fourth-order valence-electron chi connectivity index (χ4n) is 4.10. The third kappa shape index (κ3) is 10.5. The Balaban J connectivity index is 0.000000270. The van der Waals surface area contributed by atoms with Gasteiger partial charge in [0.1, 0.15) is 13.2 Å². The van der Waals surface area contributed by atoms with Crippen LogP contribution in [-0.2, 0) is 9.59 Å². The number of ether oxygens (including phenoxy) is 2. The van der Waals surface area contributed by atoms with Crippen LogP contribution in [-0.4, -0.2) is 56.3 Å². The smallest absolute Gasteiger partial charge is 0.272 e. The van der Waals surface area contributed by atoms with Crippen LogP contribution >= 0.6 is 0 Å². The Morgan fingerprint density at radius 3 is 1.32 bits per heavy atom. The minimum absolute atomic E-state index is 0.0763. The van der Waals surface area contributed by atoms with Gasteiger partial charge < -0.3 is 30.3 Å². The number of carbonyl (C=O) groups excluding carboxylic acids is 2. The van der Waals surface area contributed by atoms with Crippen LogP contribution < -0.4 is 20.1 Å². The summed E-state index contributed by atoms with van der Waals surface area (Å²) < 4.78 is 37.3. The summed E-state index contributed by atoms with van der Waals surface area (Å²) in [6, 6.07) is 19.3. The normalized spacial score (nSPS) is 13.0. The molecule has 0 aliphatic heterocycles. The van der Waals surface area contributed by atoms with Crippen LogP contribution in [0, 0.1) is 45.7 Å². The highest BCUT2D eigenvalue weighted by atomic mass is 19.1. The lowest BCUT2D eigenvalue weighted by molar-refractivity contribution is -0.385. The van der Waals surface area contributed by atoms with E-state index in [-0.39, 0.29) is 22.9 Å². The zero-order chi connectivity index (χ0) is 37.2. The number of nitrogens with one attached hydrogen (secondary N) is 2. The van der Waals surface area contributed by atoms with Crippen molar-refractivity contribution >= 4 is 34.6 Å². The summed E-state index contributed by atoms with van der Waals surface area (Å²) >= 11 is 0. The van der Waals surface area contributed by atoms with Crippen molar-refractivity contribution in [2.45, 2.75) is 38.9 Å². The molecule has 0 radical (unpaired) electrons. The standard InChI is InChI=1S/2C17H17FN2O5/c2*1-11-9-12(7-8-14(11)20(23)24)19-16(21)17(2,22)10-25-15-6-4-3-5-13(15)18/h2*3-9,22H,10H2,1-2H3,(H,19,21). The molecule has 0 spiro atoms. The molecule has 0 saturated carbocycles. The number of benzene rings is 4. The Morgan fingerprint density at radius 1 is 0.680 bits per heavy atom. The number of nitro groups is 2. The summed E-state index contributed by atoms with van der Waals surface area (Å²) in [6.45, 7) is 4.58. The highest BCUT2D eigenvalue weighted by molar-refractivity contribution is 5.97. The van der Waals surface area contributed by atoms with Crippen molar-refractivity contribution in [3.8, 4) is 11.5 Å². The largest absolute Gasteiger partial charge is 0.487 e. The number of rotatable bonds is 12. The molecular formula is C34H34F2N4O10. The molecule has 14 nitrogen and oxygen atoms in total. The van der Waals surface area contributed by atoms with Gasteiger partial charge in [0, 0.05) is 34.6 Å². The van der Waals surface area contributed by atoms with Gasteiger partial charge in [-0.25, -0.2) is 8.78 Å². The lowest BCUT2D eigenvalue weighted by Crippen LogP contribution is -2.45. The second-order valence-corrected chi connectivity index (χ2v) is 11.4. The van der Waals surface area contributed by atoms with E-state index in [4.69, 9.17) is 9.47 Å². The maximum absolute atomic E-state index is 13.5. The van der Waals surface area contributed by atoms with Gasteiger partial charge in [0.2, 0.25) is 0 Å². The van der Waals surface area contributed by atoms with Gasteiger partial charge in [0.25, 0.3) is 23.2 Å². The molecule has 0 heterocycles. The molecule has 16 heteroatoms. The van der Waals surface area contributed by atoms with Crippen molar-refractivity contribution in [3.63, 3.8) is 0 Å². The molecule has 0 aliphatic rings. The van der Waals surface area contributed by atoms with Crippen molar-refractivity contribution in [2.24, 2.45) is 0 Å². The molecule has 264 valence electrons. The summed E-state index contributed by atoms with van der Waals surface area (Å²) in [6.07, 6.45) is 0. The molecule has 4 rings (SSSR count). The van der Waals surface area contributed by atoms with Crippen molar-refractivity contribution < 1.29 is 47.9 Å². The minimum Gasteiger partial charge on any atom is -0.487 e. The lowest BCUT2D eigenvalue weighted by Gasteiger charge is -2.22. The van der Waals surface area contributed by atoms with Gasteiger partial charge in [-0.1, -0.05) is 24.3 Å². The number of nitrogens with zero attached hydrogens (tertiary/aromatic N) is 2. The van der Waals surface area contributed by atoms with E-state index in [1.54, 1.807) is 12.1 Å². The Kier molecular flexibility index (Phi) is 12.6. The van der Waals surface area contributed by atoms with Gasteiger partial charge >= 0.3 is 0 Å². The first-order chi connectivity index (χ1) is 23.4. The van der Waals surface area contributed by atoms with Crippen LogP contribution in [0.1, 0.15) is 25.0 Å². The van der Waals surface area contributed by atoms with Crippen molar-refractivity contribution in [1.29, 1.82) is 0 Å². The number of aliphatic hydroxyl groups is 2. The van der Waals surface area contributed by atoms with Gasteiger partial charge in [-0.05, 0) is 76.2 Å². The number of aryl methyl sites for hydroxylation is 2. The Bertz CT molecular complexity index is 1750. The molecule has 4 N–H and O–H groups in total. The first-order valence-corrected chi connectivity index (χ1v) is 14.7. The summed E-state index contributed by atoms with van der Waals surface area (Å²) in [4.78, 5) is 44.9. The van der Waals surface area contributed by atoms with Gasteiger partial charge in [0.15, 0.2) is 34.3 Å². The molecule has 0 aliphatic carbocycles. The minimum atomic E-state index is -1.93. The van der Waals surface area contributed by atoms with Crippen LogP contribution in [0.3, 0.4) is 0 Å². The second-order valence-electron chi connectivity index (χ2n) is 11.4. The number of halogens is 2. The number of hydrogen-bond donors (Lipinski definition) is 4. The fraction of sp³-hybridized carbons (Fsp3) is 0.235. The highest BCUT2D eigenvalue weighted by Gasteiger charge is 2.33. The molecule has 4 aromatic rings. The quantitative estimate of drug-likeness (QED) is 0.106. The molecule has 50 heavy (non-hydrogen) atoms. The molecule has 2 amide bonds.